The SMILES string of the molecule is Cc1cc(NS(=O)(=O)c2cc(N)c(F)cc2C)on1. The van der Waals surface area contributed by atoms with E-state index in [0.29, 0.717) is 5.69 Å². The van der Waals surface area contributed by atoms with Gasteiger partial charge in [-0.2, -0.15) is 0 Å². The van der Waals surface area contributed by atoms with Gasteiger partial charge >= 0.3 is 0 Å². The summed E-state index contributed by atoms with van der Waals surface area (Å²) in [5.74, 6) is -0.674. The van der Waals surface area contributed by atoms with Gasteiger partial charge in [0, 0.05) is 6.07 Å². The minimum Gasteiger partial charge on any atom is -0.396 e. The van der Waals surface area contributed by atoms with Gasteiger partial charge in [0.15, 0.2) is 0 Å². The summed E-state index contributed by atoms with van der Waals surface area (Å²) in [4.78, 5) is -0.111. The molecule has 0 amide bonds. The van der Waals surface area contributed by atoms with Gasteiger partial charge in [0.2, 0.25) is 5.88 Å². The summed E-state index contributed by atoms with van der Waals surface area (Å²) in [5.41, 5.74) is 5.93. The largest absolute Gasteiger partial charge is 0.396 e. The van der Waals surface area contributed by atoms with Crippen molar-refractivity contribution in [2.75, 3.05) is 10.5 Å². The number of nitrogens with zero attached hydrogens (tertiary/aromatic N) is 1. The Morgan fingerprint density at radius 2 is 2.00 bits per heavy atom. The number of halogens is 1. The molecule has 0 radical (unpaired) electrons. The third kappa shape index (κ3) is 2.68. The number of aryl methyl sites for hydroxylation is 2. The van der Waals surface area contributed by atoms with E-state index in [0.717, 1.165) is 12.1 Å². The van der Waals surface area contributed by atoms with Gasteiger partial charge in [-0.3, -0.25) is 0 Å². The molecule has 0 aliphatic heterocycles. The summed E-state index contributed by atoms with van der Waals surface area (Å²) < 4.78 is 44.4. The van der Waals surface area contributed by atoms with Crippen molar-refractivity contribution in [1.82, 2.24) is 5.16 Å². The molecular formula is C11H12FN3O3S. The van der Waals surface area contributed by atoms with Crippen LogP contribution in [0.4, 0.5) is 16.0 Å². The first kappa shape index (κ1) is 13.3. The standard InChI is InChI=1S/C11H12FN3O3S/c1-6-3-8(12)9(13)5-10(6)19(16,17)15-11-4-7(2)14-18-11/h3-5,15H,13H2,1-2H3. The molecule has 1 heterocycles. The number of aromatic nitrogens is 1. The predicted octanol–water partition coefficient (Wildman–Crippen LogP) is 1.81. The predicted molar refractivity (Wildman–Crippen MR) is 67.6 cm³/mol. The third-order valence-electron chi connectivity index (χ3n) is 2.45. The monoisotopic (exact) mass is 285 g/mol. The molecule has 0 aliphatic rings. The normalized spacial score (nSPS) is 11.5. The summed E-state index contributed by atoms with van der Waals surface area (Å²) in [6.07, 6.45) is 0. The van der Waals surface area contributed by atoms with Crippen molar-refractivity contribution in [3.63, 3.8) is 0 Å². The summed E-state index contributed by atoms with van der Waals surface area (Å²) in [6, 6.07) is 3.56. The smallest absolute Gasteiger partial charge is 0.264 e. The fourth-order valence-electron chi connectivity index (χ4n) is 1.56. The van der Waals surface area contributed by atoms with E-state index in [1.807, 2.05) is 0 Å². The Hall–Kier alpha value is -2.09. The number of nitrogens with two attached hydrogens (primary N) is 1. The molecule has 1 aromatic carbocycles. The molecule has 0 atom stereocenters. The van der Waals surface area contributed by atoms with Gasteiger partial charge in [-0.15, -0.1) is 0 Å². The lowest BCUT2D eigenvalue weighted by molar-refractivity contribution is 0.430. The lowest BCUT2D eigenvalue weighted by atomic mass is 10.2. The highest BCUT2D eigenvalue weighted by Crippen LogP contribution is 2.24. The zero-order valence-corrected chi connectivity index (χ0v) is 11.1. The second-order valence-electron chi connectivity index (χ2n) is 4.08. The van der Waals surface area contributed by atoms with E-state index in [1.165, 1.54) is 13.0 Å². The summed E-state index contributed by atoms with van der Waals surface area (Å²) in [6.45, 7) is 3.13. The number of nitrogens with one attached hydrogen (secondary N) is 1. The Morgan fingerprint density at radius 3 is 2.58 bits per heavy atom. The van der Waals surface area contributed by atoms with Gasteiger partial charge in [0.25, 0.3) is 10.0 Å². The molecule has 0 spiro atoms. The first-order valence-corrected chi connectivity index (χ1v) is 6.79. The second kappa shape index (κ2) is 4.54. The van der Waals surface area contributed by atoms with Gasteiger partial charge in [0.1, 0.15) is 5.82 Å². The van der Waals surface area contributed by atoms with Crippen LogP contribution in [0.3, 0.4) is 0 Å². The van der Waals surface area contributed by atoms with Crippen LogP contribution in [0.1, 0.15) is 11.3 Å². The van der Waals surface area contributed by atoms with Crippen molar-refractivity contribution in [3.05, 3.63) is 35.3 Å². The number of benzene rings is 1. The highest BCUT2D eigenvalue weighted by Gasteiger charge is 2.20. The van der Waals surface area contributed by atoms with Gasteiger partial charge < -0.3 is 10.3 Å². The summed E-state index contributed by atoms with van der Waals surface area (Å²) >= 11 is 0. The number of hydrogen-bond donors (Lipinski definition) is 2. The van der Waals surface area contributed by atoms with Crippen LogP contribution in [-0.4, -0.2) is 13.6 Å². The van der Waals surface area contributed by atoms with Crippen molar-refractivity contribution < 1.29 is 17.3 Å². The molecule has 2 aromatic rings. The van der Waals surface area contributed by atoms with E-state index in [-0.39, 0.29) is 22.0 Å². The van der Waals surface area contributed by atoms with Crippen molar-refractivity contribution in [2.45, 2.75) is 18.7 Å². The number of anilines is 2. The van der Waals surface area contributed by atoms with Crippen LogP contribution in [0.25, 0.3) is 0 Å². The fraction of sp³-hybridized carbons (Fsp3) is 0.182. The number of rotatable bonds is 3. The number of sulfonamides is 1. The minimum atomic E-state index is -3.90. The Balaban J connectivity index is 2.42. The molecule has 8 heteroatoms. The minimum absolute atomic E-state index is 0.0141. The molecule has 102 valence electrons. The fourth-order valence-corrected chi connectivity index (χ4v) is 2.79. The molecule has 0 aliphatic carbocycles. The van der Waals surface area contributed by atoms with E-state index >= 15 is 0 Å². The Labute approximate surface area is 109 Å². The van der Waals surface area contributed by atoms with Crippen LogP contribution in [0.5, 0.6) is 0 Å². The van der Waals surface area contributed by atoms with Gasteiger partial charge in [-0.1, -0.05) is 5.16 Å². The molecule has 0 saturated heterocycles. The van der Waals surface area contributed by atoms with Crippen LogP contribution in [-0.2, 0) is 10.0 Å². The van der Waals surface area contributed by atoms with Crippen LogP contribution >= 0.6 is 0 Å². The van der Waals surface area contributed by atoms with E-state index in [4.69, 9.17) is 10.3 Å². The molecule has 1 aromatic heterocycles. The van der Waals surface area contributed by atoms with Crippen LogP contribution in [0.15, 0.2) is 27.6 Å². The Bertz CT molecular complexity index is 725. The maximum Gasteiger partial charge on any atom is 0.264 e. The quantitative estimate of drug-likeness (QED) is 0.838. The Kier molecular flexibility index (Phi) is 3.19. The van der Waals surface area contributed by atoms with Gasteiger partial charge in [0.05, 0.1) is 16.3 Å². The molecule has 0 fully saturated rings. The second-order valence-corrected chi connectivity index (χ2v) is 5.73. The van der Waals surface area contributed by atoms with Crippen molar-refractivity contribution in [3.8, 4) is 0 Å². The van der Waals surface area contributed by atoms with E-state index in [9.17, 15) is 12.8 Å². The first-order chi connectivity index (χ1) is 8.79. The Morgan fingerprint density at radius 1 is 1.32 bits per heavy atom. The average molecular weight is 285 g/mol. The molecule has 0 bridgehead atoms. The molecule has 6 nitrogen and oxygen atoms in total. The topological polar surface area (TPSA) is 98.2 Å². The molecule has 19 heavy (non-hydrogen) atoms. The van der Waals surface area contributed by atoms with Crippen LogP contribution < -0.4 is 10.5 Å². The zero-order valence-electron chi connectivity index (χ0n) is 10.3. The highest BCUT2D eigenvalue weighted by atomic mass is 32.2. The molecular weight excluding hydrogens is 273 g/mol. The molecule has 0 saturated carbocycles. The van der Waals surface area contributed by atoms with Crippen molar-refractivity contribution >= 4 is 21.6 Å². The van der Waals surface area contributed by atoms with Crippen molar-refractivity contribution in [2.24, 2.45) is 0 Å². The summed E-state index contributed by atoms with van der Waals surface area (Å²) in [7, 11) is -3.90. The van der Waals surface area contributed by atoms with Crippen LogP contribution in [0.2, 0.25) is 0 Å². The maximum absolute atomic E-state index is 13.2. The van der Waals surface area contributed by atoms with Crippen molar-refractivity contribution in [1.29, 1.82) is 0 Å². The lowest BCUT2D eigenvalue weighted by Gasteiger charge is -2.09. The highest BCUT2D eigenvalue weighted by molar-refractivity contribution is 7.92. The van der Waals surface area contributed by atoms with E-state index in [2.05, 4.69) is 9.88 Å². The summed E-state index contributed by atoms with van der Waals surface area (Å²) in [5, 5.41) is 3.56. The first-order valence-electron chi connectivity index (χ1n) is 5.31. The van der Waals surface area contributed by atoms with Crippen LogP contribution in [0, 0.1) is 19.7 Å². The number of nitrogen functional groups attached to an aromatic ring is 1. The molecule has 0 unspecified atom stereocenters. The zero-order chi connectivity index (χ0) is 14.2. The van der Waals surface area contributed by atoms with Gasteiger partial charge in [-0.05, 0) is 31.5 Å². The van der Waals surface area contributed by atoms with E-state index < -0.39 is 15.8 Å². The lowest BCUT2D eigenvalue weighted by Crippen LogP contribution is -2.14. The van der Waals surface area contributed by atoms with E-state index in [1.54, 1.807) is 6.92 Å². The number of hydrogen-bond acceptors (Lipinski definition) is 5. The molecule has 3 N–H and O–H groups in total. The molecule has 2 rings (SSSR count). The third-order valence-corrected chi connectivity index (χ3v) is 3.94. The maximum atomic E-state index is 13.2. The van der Waals surface area contributed by atoms with Gasteiger partial charge in [-0.25, -0.2) is 17.5 Å². The average Bonchev–Trinajstić information content (AvgIpc) is 2.68.